The number of fused-ring (bicyclic) bond motifs is 1. The van der Waals surface area contributed by atoms with Crippen molar-refractivity contribution < 1.29 is 9.53 Å². The van der Waals surface area contributed by atoms with Gasteiger partial charge in [0.25, 0.3) is 5.91 Å². The van der Waals surface area contributed by atoms with E-state index < -0.39 is 0 Å². The van der Waals surface area contributed by atoms with Crippen molar-refractivity contribution in [1.82, 2.24) is 0 Å². The second-order valence-corrected chi connectivity index (χ2v) is 5.39. The molecule has 1 heterocycles. The van der Waals surface area contributed by atoms with Crippen LogP contribution in [0.3, 0.4) is 0 Å². The first kappa shape index (κ1) is 13.9. The maximum atomic E-state index is 11.3. The second kappa shape index (κ2) is 6.06. The Kier molecular flexibility index (Phi) is 4.42. The topological polar surface area (TPSA) is 76.4 Å². The summed E-state index contributed by atoms with van der Waals surface area (Å²) in [6.45, 7) is 2.18. The summed E-state index contributed by atoms with van der Waals surface area (Å²) in [5, 5.41) is 6.20. The van der Waals surface area contributed by atoms with Crippen LogP contribution < -0.4 is 21.1 Å². The lowest BCUT2D eigenvalue weighted by molar-refractivity contribution is -0.118. The average molecular weight is 281 g/mol. The van der Waals surface area contributed by atoms with E-state index in [4.69, 9.17) is 10.5 Å². The summed E-state index contributed by atoms with van der Waals surface area (Å²) in [5.74, 6) is 1.50. The molecule has 4 N–H and O–H groups in total. The molecule has 0 aromatic heterocycles. The first-order chi connectivity index (χ1) is 9.13. The van der Waals surface area contributed by atoms with Gasteiger partial charge in [0.15, 0.2) is 6.61 Å². The van der Waals surface area contributed by atoms with E-state index in [1.54, 1.807) is 17.8 Å². The highest BCUT2D eigenvalue weighted by atomic mass is 32.2. The lowest BCUT2D eigenvalue weighted by Crippen LogP contribution is -2.26. The molecular formula is C13H19N3O2S. The molecule has 0 saturated carbocycles. The number of nitrogens with one attached hydrogen (secondary N) is 2. The normalized spacial score (nSPS) is 15.2. The maximum Gasteiger partial charge on any atom is 0.262 e. The van der Waals surface area contributed by atoms with Gasteiger partial charge in [-0.25, -0.2) is 0 Å². The van der Waals surface area contributed by atoms with E-state index in [1.807, 2.05) is 6.07 Å². The molecule has 0 saturated heterocycles. The van der Waals surface area contributed by atoms with Gasteiger partial charge in [0.2, 0.25) is 0 Å². The predicted octanol–water partition coefficient (Wildman–Crippen LogP) is 2.15. The Hall–Kier alpha value is -1.56. The second-order valence-electron chi connectivity index (χ2n) is 4.48. The molecule has 1 unspecified atom stereocenters. The number of thioether (sulfide) groups is 1. The van der Waals surface area contributed by atoms with Crippen LogP contribution in [0, 0.1) is 0 Å². The summed E-state index contributed by atoms with van der Waals surface area (Å²) in [7, 11) is 0. The number of rotatable bonds is 5. The summed E-state index contributed by atoms with van der Waals surface area (Å²) in [6.07, 6.45) is 3.09. The van der Waals surface area contributed by atoms with Crippen LogP contribution in [0.1, 0.15) is 13.3 Å². The van der Waals surface area contributed by atoms with E-state index in [0.717, 1.165) is 17.9 Å². The van der Waals surface area contributed by atoms with Crippen molar-refractivity contribution in [2.24, 2.45) is 0 Å². The summed E-state index contributed by atoms with van der Waals surface area (Å²) in [6, 6.07) is 3.95. The van der Waals surface area contributed by atoms with Gasteiger partial charge in [-0.05, 0) is 18.7 Å². The number of hydrogen-bond donors (Lipinski definition) is 3. The molecule has 1 aliphatic heterocycles. The van der Waals surface area contributed by atoms with Gasteiger partial charge >= 0.3 is 0 Å². The van der Waals surface area contributed by atoms with Crippen LogP contribution in [-0.2, 0) is 4.79 Å². The van der Waals surface area contributed by atoms with Gasteiger partial charge < -0.3 is 21.1 Å². The fourth-order valence-electron chi connectivity index (χ4n) is 1.95. The summed E-state index contributed by atoms with van der Waals surface area (Å²) in [4.78, 5) is 11.3. The minimum absolute atomic E-state index is 0.0449. The Morgan fingerprint density at radius 1 is 1.58 bits per heavy atom. The molecular weight excluding hydrogens is 262 g/mol. The first-order valence-corrected chi connectivity index (χ1v) is 7.65. The SMILES string of the molecule is CCC(CSC)Nc1cc2c(cc1N)OCC(=O)N2. The molecule has 0 aliphatic carbocycles. The molecule has 0 spiro atoms. The molecule has 0 bridgehead atoms. The zero-order valence-electron chi connectivity index (χ0n) is 11.2. The Morgan fingerprint density at radius 3 is 3.05 bits per heavy atom. The minimum Gasteiger partial charge on any atom is -0.482 e. The van der Waals surface area contributed by atoms with E-state index in [0.29, 0.717) is 23.2 Å². The van der Waals surface area contributed by atoms with Crippen molar-refractivity contribution in [2.45, 2.75) is 19.4 Å². The van der Waals surface area contributed by atoms with Crippen molar-refractivity contribution in [2.75, 3.05) is 35.0 Å². The zero-order chi connectivity index (χ0) is 13.8. The number of carbonyl (C=O) groups excluding carboxylic acids is 1. The maximum absolute atomic E-state index is 11.3. The molecule has 5 nitrogen and oxygen atoms in total. The lowest BCUT2D eigenvalue weighted by atomic mass is 10.1. The van der Waals surface area contributed by atoms with Crippen LogP contribution in [0.15, 0.2) is 12.1 Å². The Bertz CT molecular complexity index is 479. The van der Waals surface area contributed by atoms with E-state index in [2.05, 4.69) is 23.8 Å². The molecule has 2 rings (SSSR count). The molecule has 104 valence electrons. The van der Waals surface area contributed by atoms with Gasteiger partial charge in [-0.15, -0.1) is 0 Å². The quantitative estimate of drug-likeness (QED) is 0.721. The number of anilines is 3. The Morgan fingerprint density at radius 2 is 2.37 bits per heavy atom. The van der Waals surface area contributed by atoms with Crippen molar-refractivity contribution in [3.05, 3.63) is 12.1 Å². The van der Waals surface area contributed by atoms with Crippen LogP contribution in [0.2, 0.25) is 0 Å². The fourth-order valence-corrected chi connectivity index (χ4v) is 2.67. The van der Waals surface area contributed by atoms with E-state index >= 15 is 0 Å². The van der Waals surface area contributed by atoms with Gasteiger partial charge in [-0.1, -0.05) is 6.92 Å². The van der Waals surface area contributed by atoms with E-state index in [-0.39, 0.29) is 12.5 Å². The first-order valence-electron chi connectivity index (χ1n) is 6.25. The molecule has 1 atom stereocenters. The van der Waals surface area contributed by atoms with Gasteiger partial charge in [-0.2, -0.15) is 11.8 Å². The van der Waals surface area contributed by atoms with Crippen molar-refractivity contribution in [1.29, 1.82) is 0 Å². The van der Waals surface area contributed by atoms with Crippen LogP contribution in [0.4, 0.5) is 17.1 Å². The third-order valence-electron chi connectivity index (χ3n) is 3.00. The summed E-state index contributed by atoms with van der Waals surface area (Å²) >= 11 is 1.79. The van der Waals surface area contributed by atoms with Gasteiger partial charge in [0.05, 0.1) is 17.1 Å². The zero-order valence-corrected chi connectivity index (χ0v) is 12.0. The number of nitrogen functional groups attached to an aromatic ring is 1. The largest absolute Gasteiger partial charge is 0.482 e. The monoisotopic (exact) mass is 281 g/mol. The molecule has 1 aromatic carbocycles. The van der Waals surface area contributed by atoms with Crippen LogP contribution in [0.25, 0.3) is 0 Å². The summed E-state index contributed by atoms with van der Waals surface area (Å²) in [5.41, 5.74) is 8.16. The number of ether oxygens (including phenoxy) is 1. The Labute approximate surface area is 117 Å². The highest BCUT2D eigenvalue weighted by Gasteiger charge is 2.18. The number of benzene rings is 1. The molecule has 19 heavy (non-hydrogen) atoms. The van der Waals surface area contributed by atoms with Crippen molar-refractivity contribution in [3.63, 3.8) is 0 Å². The third-order valence-corrected chi connectivity index (χ3v) is 3.74. The van der Waals surface area contributed by atoms with Gasteiger partial charge in [-0.3, -0.25) is 4.79 Å². The third kappa shape index (κ3) is 3.26. The van der Waals surface area contributed by atoms with Crippen LogP contribution >= 0.6 is 11.8 Å². The van der Waals surface area contributed by atoms with E-state index in [9.17, 15) is 4.79 Å². The lowest BCUT2D eigenvalue weighted by Gasteiger charge is -2.23. The highest BCUT2D eigenvalue weighted by molar-refractivity contribution is 7.98. The summed E-state index contributed by atoms with van der Waals surface area (Å²) < 4.78 is 5.33. The average Bonchev–Trinajstić information content (AvgIpc) is 2.39. The van der Waals surface area contributed by atoms with Crippen LogP contribution in [0.5, 0.6) is 5.75 Å². The molecule has 1 aromatic rings. The molecule has 6 heteroatoms. The van der Waals surface area contributed by atoms with E-state index in [1.165, 1.54) is 0 Å². The minimum atomic E-state index is -0.139. The van der Waals surface area contributed by atoms with Gasteiger partial charge in [0, 0.05) is 17.9 Å². The van der Waals surface area contributed by atoms with Gasteiger partial charge in [0.1, 0.15) is 5.75 Å². The predicted molar refractivity (Wildman–Crippen MR) is 81.1 cm³/mol. The molecule has 0 fully saturated rings. The van der Waals surface area contributed by atoms with Crippen molar-refractivity contribution in [3.8, 4) is 5.75 Å². The highest BCUT2D eigenvalue weighted by Crippen LogP contribution is 2.35. The van der Waals surface area contributed by atoms with Crippen LogP contribution in [-0.4, -0.2) is 30.6 Å². The smallest absolute Gasteiger partial charge is 0.262 e. The molecule has 0 radical (unpaired) electrons. The number of nitrogens with two attached hydrogens (primary N) is 1. The molecule has 1 amide bonds. The number of carbonyl (C=O) groups is 1. The fraction of sp³-hybridized carbons (Fsp3) is 0.462. The molecule has 1 aliphatic rings. The number of hydrogen-bond acceptors (Lipinski definition) is 5. The number of amides is 1. The standard InChI is InChI=1S/C13H19N3O2S/c1-3-8(7-19-2)15-10-5-11-12(4-9(10)14)18-6-13(17)16-11/h4-5,8,15H,3,6-7,14H2,1-2H3,(H,16,17). The van der Waals surface area contributed by atoms with Crippen molar-refractivity contribution >= 4 is 34.7 Å². The Balaban J connectivity index is 2.21.